The van der Waals surface area contributed by atoms with E-state index in [1.165, 1.54) is 0 Å². The van der Waals surface area contributed by atoms with Gasteiger partial charge in [0.15, 0.2) is 0 Å². The Morgan fingerprint density at radius 2 is 2.06 bits per heavy atom. The fourth-order valence-electron chi connectivity index (χ4n) is 1.44. The minimum Gasteiger partial charge on any atom is -0.392 e. The van der Waals surface area contributed by atoms with Crippen LogP contribution in [0, 0.1) is 0 Å². The fourth-order valence-corrected chi connectivity index (χ4v) is 2.04. The lowest BCUT2D eigenvalue weighted by atomic mass is 10.2. The minimum absolute atomic E-state index is 0.133. The Bertz CT molecular complexity index is 566. The highest BCUT2D eigenvalue weighted by Crippen LogP contribution is 2.30. The maximum Gasteiger partial charge on any atom is 0.419 e. The third-order valence-electron chi connectivity index (χ3n) is 2.35. The zero-order valence-corrected chi connectivity index (χ0v) is 10.5. The first-order valence-corrected chi connectivity index (χ1v) is 5.72. The predicted octanol–water partition coefficient (Wildman–Crippen LogP) is 3.15. The lowest BCUT2D eigenvalue weighted by Crippen LogP contribution is -2.03. The summed E-state index contributed by atoms with van der Waals surface area (Å²) in [5, 5.41) is 12.6. The Morgan fingerprint density at radius 3 is 2.56 bits per heavy atom. The number of aliphatic hydroxyl groups is 1. The summed E-state index contributed by atoms with van der Waals surface area (Å²) in [6, 6.07) is 4.84. The van der Waals surface area contributed by atoms with Crippen molar-refractivity contribution in [2.45, 2.75) is 12.8 Å². The fraction of sp³-hybridized carbons (Fsp3) is 0.182. The molecule has 0 atom stereocenters. The predicted molar refractivity (Wildman–Crippen MR) is 62.2 cm³/mol. The molecule has 3 nitrogen and oxygen atoms in total. The summed E-state index contributed by atoms with van der Waals surface area (Å²) in [7, 11) is 0. The number of aliphatic hydroxyl groups excluding tert-OH is 1. The van der Waals surface area contributed by atoms with E-state index in [1.807, 2.05) is 0 Å². The van der Waals surface area contributed by atoms with E-state index in [9.17, 15) is 13.2 Å². The summed E-state index contributed by atoms with van der Waals surface area (Å²) >= 11 is 3.23. The molecule has 7 heteroatoms. The monoisotopic (exact) mass is 320 g/mol. The number of hydrogen-bond acceptors (Lipinski definition) is 2. The zero-order valence-electron chi connectivity index (χ0n) is 8.95. The zero-order chi connectivity index (χ0) is 13.3. The molecule has 0 unspecified atom stereocenters. The maximum absolute atomic E-state index is 12.4. The lowest BCUT2D eigenvalue weighted by Gasteiger charge is -2.06. The van der Waals surface area contributed by atoms with E-state index in [-0.39, 0.29) is 6.61 Å². The Morgan fingerprint density at radius 1 is 1.33 bits per heavy atom. The van der Waals surface area contributed by atoms with Gasteiger partial charge in [-0.15, -0.1) is 0 Å². The van der Waals surface area contributed by atoms with Gasteiger partial charge < -0.3 is 5.11 Å². The molecule has 0 spiro atoms. The van der Waals surface area contributed by atoms with Crippen molar-refractivity contribution in [3.63, 3.8) is 0 Å². The summed E-state index contributed by atoms with van der Waals surface area (Å²) in [4.78, 5) is 0. The molecule has 2 aromatic rings. The molecule has 0 saturated heterocycles. The van der Waals surface area contributed by atoms with E-state index in [0.29, 0.717) is 15.7 Å². The van der Waals surface area contributed by atoms with Crippen LogP contribution in [0.25, 0.3) is 5.69 Å². The van der Waals surface area contributed by atoms with Crippen LogP contribution in [-0.2, 0) is 12.8 Å². The number of halogens is 4. The molecule has 96 valence electrons. The molecule has 0 aliphatic heterocycles. The van der Waals surface area contributed by atoms with Gasteiger partial charge in [-0.3, -0.25) is 0 Å². The number of nitrogens with zero attached hydrogens (tertiary/aromatic N) is 2. The first kappa shape index (κ1) is 13.1. The van der Waals surface area contributed by atoms with Crippen LogP contribution in [0.15, 0.2) is 35.1 Å². The Labute approximate surface area is 109 Å². The van der Waals surface area contributed by atoms with Crippen LogP contribution in [0.5, 0.6) is 0 Å². The Kier molecular flexibility index (Phi) is 3.45. The van der Waals surface area contributed by atoms with Crippen molar-refractivity contribution < 1.29 is 18.3 Å². The van der Waals surface area contributed by atoms with Crippen molar-refractivity contribution in [2.75, 3.05) is 0 Å². The summed E-state index contributed by atoms with van der Waals surface area (Å²) < 4.78 is 39.0. The SMILES string of the molecule is OCc1ccc(-n2cc(C(F)(F)F)cn2)c(Br)c1. The van der Waals surface area contributed by atoms with Crippen LogP contribution < -0.4 is 0 Å². The van der Waals surface area contributed by atoms with Crippen LogP contribution in [0.4, 0.5) is 13.2 Å². The first-order chi connectivity index (χ1) is 8.41. The molecule has 0 aliphatic carbocycles. The standard InChI is InChI=1S/C11H8BrF3N2O/c12-9-3-7(6-18)1-2-10(9)17-5-8(4-16-17)11(13,14)15/h1-5,18H,6H2. The van der Waals surface area contributed by atoms with Crippen LogP contribution in [-0.4, -0.2) is 14.9 Å². The van der Waals surface area contributed by atoms with Gasteiger partial charge in [0.1, 0.15) is 0 Å². The molecule has 0 amide bonds. The van der Waals surface area contributed by atoms with E-state index >= 15 is 0 Å². The van der Waals surface area contributed by atoms with Crippen LogP contribution in [0.3, 0.4) is 0 Å². The van der Waals surface area contributed by atoms with Crippen molar-refractivity contribution >= 4 is 15.9 Å². The summed E-state index contributed by atoms with van der Waals surface area (Å²) in [5.41, 5.74) is 0.331. The second-order valence-electron chi connectivity index (χ2n) is 3.62. The van der Waals surface area contributed by atoms with E-state index < -0.39 is 11.7 Å². The lowest BCUT2D eigenvalue weighted by molar-refractivity contribution is -0.137. The molecular formula is C11H8BrF3N2O. The number of hydrogen-bond donors (Lipinski definition) is 1. The van der Waals surface area contributed by atoms with Crippen LogP contribution >= 0.6 is 15.9 Å². The molecule has 1 aromatic carbocycles. The van der Waals surface area contributed by atoms with Gasteiger partial charge in [-0.1, -0.05) is 6.07 Å². The summed E-state index contributed by atoms with van der Waals surface area (Å²) in [5.74, 6) is 0. The van der Waals surface area contributed by atoms with Crippen molar-refractivity contribution in [1.82, 2.24) is 9.78 Å². The van der Waals surface area contributed by atoms with Gasteiger partial charge >= 0.3 is 6.18 Å². The molecule has 0 saturated carbocycles. The van der Waals surface area contributed by atoms with Gasteiger partial charge in [-0.05, 0) is 33.6 Å². The quantitative estimate of drug-likeness (QED) is 0.923. The van der Waals surface area contributed by atoms with Gasteiger partial charge in [-0.25, -0.2) is 4.68 Å². The maximum atomic E-state index is 12.4. The van der Waals surface area contributed by atoms with E-state index in [1.54, 1.807) is 18.2 Å². The topological polar surface area (TPSA) is 38.0 Å². The van der Waals surface area contributed by atoms with Crippen LogP contribution in [0.1, 0.15) is 11.1 Å². The molecule has 0 radical (unpaired) electrons. The van der Waals surface area contributed by atoms with Crippen molar-refractivity contribution in [1.29, 1.82) is 0 Å². The molecule has 1 N–H and O–H groups in total. The molecule has 18 heavy (non-hydrogen) atoms. The molecule has 1 heterocycles. The smallest absolute Gasteiger partial charge is 0.392 e. The third kappa shape index (κ3) is 2.56. The van der Waals surface area contributed by atoms with Gasteiger partial charge in [0.25, 0.3) is 0 Å². The largest absolute Gasteiger partial charge is 0.419 e. The molecule has 0 bridgehead atoms. The highest BCUT2D eigenvalue weighted by molar-refractivity contribution is 9.10. The average Bonchev–Trinajstić information content (AvgIpc) is 2.77. The first-order valence-electron chi connectivity index (χ1n) is 4.93. The van der Waals surface area contributed by atoms with E-state index in [4.69, 9.17) is 5.11 Å². The number of aromatic nitrogens is 2. The van der Waals surface area contributed by atoms with E-state index in [2.05, 4.69) is 21.0 Å². The number of alkyl halides is 3. The normalized spacial score (nSPS) is 11.8. The van der Waals surface area contributed by atoms with Gasteiger partial charge in [-0.2, -0.15) is 18.3 Å². The third-order valence-corrected chi connectivity index (χ3v) is 2.99. The highest BCUT2D eigenvalue weighted by Gasteiger charge is 2.32. The average molecular weight is 321 g/mol. The van der Waals surface area contributed by atoms with E-state index in [0.717, 1.165) is 17.1 Å². The molecular weight excluding hydrogens is 313 g/mol. The van der Waals surface area contributed by atoms with Gasteiger partial charge in [0, 0.05) is 10.7 Å². The number of benzene rings is 1. The second kappa shape index (κ2) is 4.74. The van der Waals surface area contributed by atoms with Crippen molar-refractivity contribution in [3.8, 4) is 5.69 Å². The second-order valence-corrected chi connectivity index (χ2v) is 4.47. The minimum atomic E-state index is -4.41. The summed E-state index contributed by atoms with van der Waals surface area (Å²) in [6.45, 7) is -0.133. The molecule has 0 aliphatic rings. The molecule has 1 aromatic heterocycles. The van der Waals surface area contributed by atoms with Crippen molar-refractivity contribution in [2.24, 2.45) is 0 Å². The van der Waals surface area contributed by atoms with Crippen molar-refractivity contribution in [3.05, 3.63) is 46.2 Å². The highest BCUT2D eigenvalue weighted by atomic mass is 79.9. The molecule has 2 rings (SSSR count). The Balaban J connectivity index is 2.40. The van der Waals surface area contributed by atoms with Crippen LogP contribution in [0.2, 0.25) is 0 Å². The molecule has 0 fully saturated rings. The Hall–Kier alpha value is -1.34. The summed E-state index contributed by atoms with van der Waals surface area (Å²) in [6.07, 6.45) is -2.72. The van der Waals surface area contributed by atoms with Gasteiger partial charge in [0.2, 0.25) is 0 Å². The number of rotatable bonds is 2. The van der Waals surface area contributed by atoms with Gasteiger partial charge in [0.05, 0.1) is 24.1 Å².